The van der Waals surface area contributed by atoms with Crippen molar-refractivity contribution in [3.05, 3.63) is 59.2 Å². The molecule has 1 N–H and O–H groups in total. The maximum Gasteiger partial charge on any atom is 0.126 e. The van der Waals surface area contributed by atoms with E-state index in [9.17, 15) is 4.39 Å². The van der Waals surface area contributed by atoms with Gasteiger partial charge >= 0.3 is 0 Å². The minimum atomic E-state index is -0.153. The number of aryl methyl sites for hydroxylation is 2. The first-order valence-electron chi connectivity index (χ1n) is 12.9. The number of aromatic amines is 1. The van der Waals surface area contributed by atoms with Gasteiger partial charge in [0.25, 0.3) is 0 Å². The molecule has 4 aromatic rings. The molecule has 2 aromatic carbocycles. The zero-order valence-corrected chi connectivity index (χ0v) is 20.2. The van der Waals surface area contributed by atoms with Crippen LogP contribution in [0.15, 0.2) is 36.5 Å². The largest absolute Gasteiger partial charge is 0.381 e. The van der Waals surface area contributed by atoms with E-state index in [-0.39, 0.29) is 5.82 Å². The lowest BCUT2D eigenvalue weighted by Gasteiger charge is -2.32. The second kappa shape index (κ2) is 8.84. The van der Waals surface area contributed by atoms with Crippen LogP contribution in [0.5, 0.6) is 0 Å². The third-order valence-corrected chi connectivity index (χ3v) is 8.19. The lowest BCUT2D eigenvalue weighted by atomic mass is 9.73. The fraction of sp³-hybridized carbons (Fsp3) is 0.483. The Hall–Kier alpha value is -2.66. The van der Waals surface area contributed by atoms with E-state index in [1.165, 1.54) is 47.8 Å². The Morgan fingerprint density at radius 3 is 2.74 bits per heavy atom. The van der Waals surface area contributed by atoms with E-state index in [0.29, 0.717) is 11.5 Å². The van der Waals surface area contributed by atoms with Crippen molar-refractivity contribution in [2.45, 2.75) is 64.7 Å². The second-order valence-corrected chi connectivity index (χ2v) is 10.7. The van der Waals surface area contributed by atoms with Crippen LogP contribution in [0, 0.1) is 24.6 Å². The fourth-order valence-electron chi connectivity index (χ4n) is 6.39. The first kappa shape index (κ1) is 21.8. The van der Waals surface area contributed by atoms with Gasteiger partial charge in [0.05, 0.1) is 17.2 Å². The molecule has 34 heavy (non-hydrogen) atoms. The monoisotopic (exact) mass is 459 g/mol. The third-order valence-electron chi connectivity index (χ3n) is 8.19. The van der Waals surface area contributed by atoms with Gasteiger partial charge in [-0.2, -0.15) is 5.10 Å². The van der Waals surface area contributed by atoms with Crippen LogP contribution in [0.3, 0.4) is 0 Å². The maximum atomic E-state index is 14.2. The van der Waals surface area contributed by atoms with Crippen molar-refractivity contribution in [1.29, 1.82) is 0 Å². The fourth-order valence-corrected chi connectivity index (χ4v) is 6.39. The summed E-state index contributed by atoms with van der Waals surface area (Å²) in [7, 11) is 0. The number of halogens is 1. The van der Waals surface area contributed by atoms with Crippen molar-refractivity contribution in [2.24, 2.45) is 11.8 Å². The summed E-state index contributed by atoms with van der Waals surface area (Å²) in [6.07, 6.45) is 10.3. The molecule has 6 rings (SSSR count). The third kappa shape index (κ3) is 3.84. The summed E-state index contributed by atoms with van der Waals surface area (Å²) in [6.45, 7) is 5.83. The summed E-state index contributed by atoms with van der Waals surface area (Å²) in [5.74, 6) is 2.09. The van der Waals surface area contributed by atoms with E-state index in [1.807, 2.05) is 25.3 Å². The Morgan fingerprint density at radius 2 is 1.97 bits per heavy atom. The summed E-state index contributed by atoms with van der Waals surface area (Å²) >= 11 is 0. The Bertz CT molecular complexity index is 1320. The molecule has 5 heteroatoms. The first-order valence-corrected chi connectivity index (χ1v) is 12.9. The molecule has 0 unspecified atom stereocenters. The summed E-state index contributed by atoms with van der Waals surface area (Å²) in [5.41, 5.74) is 6.88. The molecular weight excluding hydrogens is 425 g/mol. The number of benzene rings is 2. The molecule has 0 amide bonds. The Balaban J connectivity index is 1.52. The average Bonchev–Trinajstić information content (AvgIpc) is 3.41. The van der Waals surface area contributed by atoms with Gasteiger partial charge in [-0.1, -0.05) is 13.3 Å². The van der Waals surface area contributed by atoms with Crippen molar-refractivity contribution in [3.8, 4) is 5.69 Å². The molecule has 2 aliphatic rings. The molecule has 0 bridgehead atoms. The summed E-state index contributed by atoms with van der Waals surface area (Å²) < 4.78 is 22.4. The number of hydrogen-bond acceptors (Lipinski definition) is 2. The van der Waals surface area contributed by atoms with Crippen molar-refractivity contribution in [3.63, 3.8) is 0 Å². The van der Waals surface area contributed by atoms with Crippen LogP contribution in [0.25, 0.3) is 27.5 Å². The van der Waals surface area contributed by atoms with Crippen LogP contribution >= 0.6 is 0 Å². The number of aromatic nitrogens is 3. The van der Waals surface area contributed by atoms with Crippen LogP contribution in [-0.2, 0) is 11.2 Å². The highest BCUT2D eigenvalue weighted by molar-refractivity contribution is 5.98. The lowest BCUT2D eigenvalue weighted by molar-refractivity contribution is 0.0840. The summed E-state index contributed by atoms with van der Waals surface area (Å²) in [6, 6.07) is 10.1. The smallest absolute Gasteiger partial charge is 0.126 e. The number of H-pyrrole nitrogens is 1. The van der Waals surface area contributed by atoms with Crippen LogP contribution in [0.1, 0.15) is 68.2 Å². The van der Waals surface area contributed by atoms with E-state index in [1.54, 1.807) is 6.07 Å². The minimum Gasteiger partial charge on any atom is -0.381 e. The topological polar surface area (TPSA) is 42.8 Å². The zero-order chi connectivity index (χ0) is 23.2. The van der Waals surface area contributed by atoms with Gasteiger partial charge in [0.1, 0.15) is 5.82 Å². The van der Waals surface area contributed by atoms with E-state index in [4.69, 9.17) is 4.74 Å². The molecule has 2 aromatic heterocycles. The van der Waals surface area contributed by atoms with Gasteiger partial charge in [-0.05, 0) is 98.7 Å². The van der Waals surface area contributed by atoms with E-state index in [2.05, 4.69) is 33.8 Å². The molecule has 1 saturated carbocycles. The SMILES string of the molecule is Cc1cc(-n2c(C3CCOCC3)c(CCCC3CC(C)C3)c3cc4[nH]ncc4cc32)ccc1F. The Kier molecular flexibility index (Phi) is 5.68. The highest BCUT2D eigenvalue weighted by Crippen LogP contribution is 2.42. The number of nitrogens with one attached hydrogen (secondary N) is 1. The van der Waals surface area contributed by atoms with Gasteiger partial charge in [-0.25, -0.2) is 4.39 Å². The van der Waals surface area contributed by atoms with Crippen molar-refractivity contribution in [1.82, 2.24) is 14.8 Å². The molecule has 1 aliphatic carbocycles. The molecule has 1 saturated heterocycles. The van der Waals surface area contributed by atoms with E-state index >= 15 is 0 Å². The highest BCUT2D eigenvalue weighted by Gasteiger charge is 2.29. The Labute approximate surface area is 200 Å². The molecule has 2 fully saturated rings. The molecular formula is C29H34FN3O. The summed E-state index contributed by atoms with van der Waals surface area (Å²) in [4.78, 5) is 0. The number of hydrogen-bond donors (Lipinski definition) is 1. The normalized spacial score (nSPS) is 21.4. The molecule has 3 heterocycles. The second-order valence-electron chi connectivity index (χ2n) is 10.7. The standard InChI is InChI=1S/C29H34FN3O/c1-18-12-20(13-18)4-3-5-24-25-16-27-22(17-31-32-27)15-28(25)33(23-6-7-26(30)19(2)14-23)29(24)21-8-10-34-11-9-21/h6-7,14-18,20-21H,3-5,8-13H2,1-2H3,(H,31,32). The van der Waals surface area contributed by atoms with Gasteiger partial charge < -0.3 is 9.30 Å². The van der Waals surface area contributed by atoms with Gasteiger partial charge in [0.2, 0.25) is 0 Å². The number of rotatable bonds is 6. The van der Waals surface area contributed by atoms with Crippen LogP contribution in [-0.4, -0.2) is 28.0 Å². The van der Waals surface area contributed by atoms with Crippen molar-refractivity contribution in [2.75, 3.05) is 13.2 Å². The number of nitrogens with zero attached hydrogens (tertiary/aromatic N) is 2. The predicted molar refractivity (Wildman–Crippen MR) is 135 cm³/mol. The minimum absolute atomic E-state index is 0.153. The number of fused-ring (bicyclic) bond motifs is 2. The molecule has 0 radical (unpaired) electrons. The predicted octanol–water partition coefficient (Wildman–Crippen LogP) is 7.22. The van der Waals surface area contributed by atoms with Crippen LogP contribution < -0.4 is 0 Å². The lowest BCUT2D eigenvalue weighted by Crippen LogP contribution is -2.21. The van der Waals surface area contributed by atoms with Gasteiger partial charge in [-0.15, -0.1) is 0 Å². The zero-order valence-electron chi connectivity index (χ0n) is 20.2. The molecule has 1 aliphatic heterocycles. The quantitative estimate of drug-likeness (QED) is 0.331. The molecule has 4 nitrogen and oxygen atoms in total. The summed E-state index contributed by atoms with van der Waals surface area (Å²) in [5, 5.41) is 9.87. The van der Waals surface area contributed by atoms with Crippen molar-refractivity contribution < 1.29 is 9.13 Å². The Morgan fingerprint density at radius 1 is 1.15 bits per heavy atom. The van der Waals surface area contributed by atoms with Gasteiger partial charge in [0.15, 0.2) is 0 Å². The highest BCUT2D eigenvalue weighted by atomic mass is 19.1. The number of ether oxygens (including phenoxy) is 1. The average molecular weight is 460 g/mol. The van der Waals surface area contributed by atoms with Crippen LogP contribution in [0.4, 0.5) is 4.39 Å². The molecule has 178 valence electrons. The van der Waals surface area contributed by atoms with E-state index in [0.717, 1.165) is 60.9 Å². The van der Waals surface area contributed by atoms with Gasteiger partial charge in [-0.3, -0.25) is 5.10 Å². The van der Waals surface area contributed by atoms with Gasteiger partial charge in [0, 0.05) is 41.3 Å². The van der Waals surface area contributed by atoms with Crippen LogP contribution in [0.2, 0.25) is 0 Å². The maximum absolute atomic E-state index is 14.2. The molecule has 0 spiro atoms. The molecule has 0 atom stereocenters. The first-order chi connectivity index (χ1) is 16.6. The van der Waals surface area contributed by atoms with Crippen molar-refractivity contribution >= 4 is 21.8 Å². The van der Waals surface area contributed by atoms with E-state index < -0.39 is 0 Å².